The number of hydrogen-bond acceptors (Lipinski definition) is 8. The number of fused-ring (bicyclic) bond motifs is 2. The number of hydrogen-bond donors (Lipinski definition) is 2. The van der Waals surface area contributed by atoms with Gasteiger partial charge in [-0.25, -0.2) is 4.79 Å². The Bertz CT molecular complexity index is 1290. The van der Waals surface area contributed by atoms with Crippen LogP contribution < -0.4 is 4.90 Å². The Hall–Kier alpha value is -1.97. The average Bonchev–Trinajstić information content (AvgIpc) is 3.06. The van der Waals surface area contributed by atoms with E-state index in [0.717, 1.165) is 5.69 Å². The molecule has 6 fully saturated rings. The summed E-state index contributed by atoms with van der Waals surface area (Å²) in [6, 6.07) is 6.84. The minimum atomic E-state index is -2.33. The van der Waals surface area contributed by atoms with Crippen LogP contribution in [-0.2, 0) is 19.1 Å². The van der Waals surface area contributed by atoms with Gasteiger partial charge in [-0.1, -0.05) is 20.4 Å². The average molecular weight is 607 g/mol. The van der Waals surface area contributed by atoms with Gasteiger partial charge in [0.25, 0.3) is 0 Å². The van der Waals surface area contributed by atoms with E-state index in [4.69, 9.17) is 32.7 Å². The van der Waals surface area contributed by atoms with Crippen molar-refractivity contribution < 1.29 is 34.1 Å². The molecule has 0 amide bonds. The van der Waals surface area contributed by atoms with E-state index in [1.165, 1.54) is 0 Å². The highest BCUT2D eigenvalue weighted by Crippen LogP contribution is 2.76. The van der Waals surface area contributed by atoms with Crippen molar-refractivity contribution in [3.05, 3.63) is 42.0 Å². The van der Waals surface area contributed by atoms with Gasteiger partial charge in [0.1, 0.15) is 23.4 Å². The van der Waals surface area contributed by atoms with Gasteiger partial charge in [0, 0.05) is 48.8 Å². The normalized spacial score (nSPS) is 40.2. The number of carbonyl (C=O) groups excluding carboxylic acids is 3. The molecule has 0 unspecified atom stereocenters. The number of nitrogens with zero attached hydrogens (tertiary/aromatic N) is 1. The fourth-order valence-electron chi connectivity index (χ4n) is 9.33. The summed E-state index contributed by atoms with van der Waals surface area (Å²) in [5.74, 6) is -4.50. The Morgan fingerprint density at radius 2 is 1.80 bits per heavy atom. The van der Waals surface area contributed by atoms with Gasteiger partial charge in [-0.15, -0.1) is 23.2 Å². The number of rotatable bonds is 7. The molecular formula is C31H37Cl2NO7. The van der Waals surface area contributed by atoms with Gasteiger partial charge in [-0.2, -0.15) is 0 Å². The fourth-order valence-corrected chi connectivity index (χ4v) is 9.74. The molecule has 222 valence electrons. The lowest BCUT2D eigenvalue weighted by Crippen LogP contribution is -2.85. The Kier molecular flexibility index (Phi) is 6.94. The third-order valence-corrected chi connectivity index (χ3v) is 11.4. The van der Waals surface area contributed by atoms with Crippen LogP contribution in [0.25, 0.3) is 0 Å². The molecule has 1 aromatic rings. The second-order valence-corrected chi connectivity index (χ2v) is 13.8. The van der Waals surface area contributed by atoms with Crippen LogP contribution >= 0.6 is 23.2 Å². The zero-order chi connectivity index (χ0) is 29.5. The number of ketones is 2. The van der Waals surface area contributed by atoms with Crippen molar-refractivity contribution in [1.82, 2.24) is 0 Å². The second-order valence-electron chi connectivity index (χ2n) is 13.1. The van der Waals surface area contributed by atoms with E-state index in [1.54, 1.807) is 24.3 Å². The SMILES string of the molecule is C=C1C(=O)[C@]23[C@H](OC(=O)c4ccc(N(CCCl)CCCl)cc4)[C@H]1CC[C@H]2[C@@]12CO[C@@]3(O)[C@@H](O)[C@@H]1C(C)(C)CCC2=O. The zero-order valence-electron chi connectivity index (χ0n) is 23.4. The predicted molar refractivity (Wildman–Crippen MR) is 153 cm³/mol. The van der Waals surface area contributed by atoms with Gasteiger partial charge < -0.3 is 24.6 Å². The Labute approximate surface area is 250 Å². The molecule has 0 radical (unpaired) electrons. The van der Waals surface area contributed by atoms with Crippen molar-refractivity contribution in [2.75, 3.05) is 36.4 Å². The molecule has 41 heavy (non-hydrogen) atoms. The Morgan fingerprint density at radius 3 is 2.44 bits per heavy atom. The number of Topliss-reactive ketones (excluding diaryl/α,β-unsaturated/α-hetero) is 2. The van der Waals surface area contributed by atoms with Crippen molar-refractivity contribution in [2.45, 2.75) is 57.5 Å². The highest BCUT2D eigenvalue weighted by atomic mass is 35.5. The van der Waals surface area contributed by atoms with Gasteiger partial charge in [-0.05, 0) is 60.4 Å². The molecule has 1 aromatic carbocycles. The summed E-state index contributed by atoms with van der Waals surface area (Å²) in [5.41, 5.74) is -2.11. The summed E-state index contributed by atoms with van der Waals surface area (Å²) in [6.07, 6.45) is -0.843. The molecule has 4 bridgehead atoms. The Morgan fingerprint density at radius 1 is 1.15 bits per heavy atom. The van der Waals surface area contributed by atoms with Gasteiger partial charge in [-0.3, -0.25) is 9.59 Å². The van der Waals surface area contributed by atoms with Crippen LogP contribution in [0.1, 0.15) is 49.9 Å². The van der Waals surface area contributed by atoms with Crippen molar-refractivity contribution >= 4 is 46.4 Å². The minimum absolute atomic E-state index is 0.0603. The van der Waals surface area contributed by atoms with Gasteiger partial charge >= 0.3 is 5.97 Å². The summed E-state index contributed by atoms with van der Waals surface area (Å²) in [6.45, 7) is 9.15. The lowest BCUT2D eigenvalue weighted by molar-refractivity contribution is -0.436. The van der Waals surface area contributed by atoms with Crippen molar-refractivity contribution in [2.24, 2.45) is 34.0 Å². The van der Waals surface area contributed by atoms with Gasteiger partial charge in [0.15, 0.2) is 5.78 Å². The number of anilines is 1. The van der Waals surface area contributed by atoms with Crippen molar-refractivity contribution in [3.8, 4) is 0 Å². The number of alkyl halides is 2. The number of esters is 1. The fraction of sp³-hybridized carbons (Fsp3) is 0.645. The molecule has 10 heteroatoms. The van der Waals surface area contributed by atoms with Gasteiger partial charge in [0.2, 0.25) is 5.79 Å². The monoisotopic (exact) mass is 605 g/mol. The third-order valence-electron chi connectivity index (χ3n) is 11.0. The maximum atomic E-state index is 14.2. The molecule has 2 heterocycles. The first-order chi connectivity index (χ1) is 19.4. The van der Waals surface area contributed by atoms with Crippen molar-refractivity contribution in [1.29, 1.82) is 0 Å². The number of aliphatic hydroxyl groups is 2. The van der Waals surface area contributed by atoms with Crippen LogP contribution in [0.4, 0.5) is 5.69 Å². The van der Waals surface area contributed by atoms with Crippen LogP contribution in [0.15, 0.2) is 36.4 Å². The molecule has 0 aromatic heterocycles. The first kappa shape index (κ1) is 29.1. The Balaban J connectivity index is 1.40. The number of halogens is 2. The molecule has 8 nitrogen and oxygen atoms in total. The molecule has 6 aliphatic rings. The van der Waals surface area contributed by atoms with E-state index >= 15 is 0 Å². The molecule has 8 atom stereocenters. The maximum Gasteiger partial charge on any atom is 0.338 e. The number of aliphatic hydroxyl groups excluding tert-OH is 1. The molecule has 2 aliphatic heterocycles. The third kappa shape index (κ3) is 3.60. The topological polar surface area (TPSA) is 113 Å². The van der Waals surface area contributed by atoms with Crippen LogP contribution in [-0.4, -0.2) is 77.2 Å². The lowest BCUT2D eigenvalue weighted by atomic mass is 9.36. The molecule has 2 N–H and O–H groups in total. The highest BCUT2D eigenvalue weighted by Gasteiger charge is 2.88. The number of ether oxygens (including phenoxy) is 2. The largest absolute Gasteiger partial charge is 0.457 e. The first-order valence-electron chi connectivity index (χ1n) is 14.4. The standard InChI is InChI=1S/C31H37Cl2NO7/c1-17-20-8-9-21-29-16-40-31(39,25(37)23(29)28(2,3)11-10-22(29)35)30(21,24(17)36)26(20)41-27(38)18-4-6-19(7-5-18)34(14-12-32)15-13-33/h4-7,20-21,23,25-26,37,39H,1,8-16H2,2-3H3/t20-,21-,23+,25-,26+,29+,30-,31-/m0/s1. The molecular weight excluding hydrogens is 569 g/mol. The summed E-state index contributed by atoms with van der Waals surface area (Å²) in [5, 5.41) is 24.1. The minimum Gasteiger partial charge on any atom is -0.457 e. The molecule has 7 rings (SSSR count). The van der Waals surface area contributed by atoms with Gasteiger partial charge in [0.05, 0.1) is 17.6 Å². The summed E-state index contributed by atoms with van der Waals surface area (Å²) >= 11 is 11.9. The van der Waals surface area contributed by atoms with E-state index in [9.17, 15) is 24.6 Å². The smallest absolute Gasteiger partial charge is 0.338 e. The van der Waals surface area contributed by atoms with E-state index in [2.05, 4.69) is 6.58 Å². The first-order valence-corrected chi connectivity index (χ1v) is 15.5. The maximum absolute atomic E-state index is 14.2. The summed E-state index contributed by atoms with van der Waals surface area (Å²) < 4.78 is 12.2. The van der Waals surface area contributed by atoms with E-state index < -0.39 is 63.7 Å². The second kappa shape index (κ2) is 9.78. The highest BCUT2D eigenvalue weighted by molar-refractivity contribution is 6.18. The number of benzene rings is 1. The zero-order valence-corrected chi connectivity index (χ0v) is 24.9. The summed E-state index contributed by atoms with van der Waals surface area (Å²) in [4.78, 5) is 43.7. The van der Waals surface area contributed by atoms with Crippen LogP contribution in [0.2, 0.25) is 0 Å². The predicted octanol–water partition coefficient (Wildman–Crippen LogP) is 3.73. The summed E-state index contributed by atoms with van der Waals surface area (Å²) in [7, 11) is 0. The van der Waals surface area contributed by atoms with E-state index in [1.807, 2.05) is 18.7 Å². The van der Waals surface area contributed by atoms with Crippen molar-refractivity contribution in [3.63, 3.8) is 0 Å². The molecule has 2 spiro atoms. The number of carbonyl (C=O) groups is 3. The molecule has 4 aliphatic carbocycles. The quantitative estimate of drug-likeness (QED) is 0.274. The molecule has 2 saturated heterocycles. The molecule has 4 saturated carbocycles. The lowest BCUT2D eigenvalue weighted by Gasteiger charge is -2.72. The van der Waals surface area contributed by atoms with Crippen LogP contribution in [0.5, 0.6) is 0 Å². The van der Waals surface area contributed by atoms with E-state index in [-0.39, 0.29) is 23.5 Å². The van der Waals surface area contributed by atoms with E-state index in [0.29, 0.717) is 50.5 Å². The van der Waals surface area contributed by atoms with Crippen LogP contribution in [0.3, 0.4) is 0 Å². The van der Waals surface area contributed by atoms with Crippen LogP contribution in [0, 0.1) is 34.0 Å².